The van der Waals surface area contributed by atoms with Crippen LogP contribution in [-0.4, -0.2) is 9.13 Å². The van der Waals surface area contributed by atoms with Crippen LogP contribution in [-0.2, 0) is 19.3 Å². The van der Waals surface area contributed by atoms with Gasteiger partial charge in [0.15, 0.2) is 0 Å². The maximum Gasteiger partial charge on any atom is 0.416 e. The zero-order valence-corrected chi connectivity index (χ0v) is 17.9. The van der Waals surface area contributed by atoms with Crippen molar-refractivity contribution >= 4 is 15.9 Å². The number of aromatic nitrogens is 2. The van der Waals surface area contributed by atoms with Gasteiger partial charge in [-0.1, -0.05) is 36.4 Å². The highest BCUT2D eigenvalue weighted by atomic mass is 79.9. The second-order valence-electron chi connectivity index (χ2n) is 6.96. The molecule has 1 unspecified atom stereocenters. The van der Waals surface area contributed by atoms with Crippen LogP contribution >= 0.6 is 15.9 Å². The summed E-state index contributed by atoms with van der Waals surface area (Å²) in [6.07, 6.45) is -4.81. The SMILES string of the molecule is Cc1c(Br)c(=O)n(CC(N)c2ccccc2)c(=O)n1Cc1c(F)cccc1C(F)(F)F. The van der Waals surface area contributed by atoms with Crippen LogP contribution in [0.1, 0.15) is 28.4 Å². The molecule has 0 aliphatic heterocycles. The smallest absolute Gasteiger partial charge is 0.322 e. The van der Waals surface area contributed by atoms with E-state index in [4.69, 9.17) is 5.73 Å². The predicted molar refractivity (Wildman–Crippen MR) is 111 cm³/mol. The van der Waals surface area contributed by atoms with Crippen LogP contribution in [0, 0.1) is 12.7 Å². The maximum atomic E-state index is 14.3. The van der Waals surface area contributed by atoms with Crippen LogP contribution in [0.2, 0.25) is 0 Å². The van der Waals surface area contributed by atoms with E-state index in [0.29, 0.717) is 5.56 Å². The number of nitrogens with two attached hydrogens (primary N) is 1. The van der Waals surface area contributed by atoms with E-state index in [9.17, 15) is 27.2 Å². The van der Waals surface area contributed by atoms with Crippen molar-refractivity contribution in [3.8, 4) is 0 Å². The molecule has 0 bridgehead atoms. The molecule has 2 N–H and O–H groups in total. The molecule has 2 aromatic carbocycles. The van der Waals surface area contributed by atoms with Gasteiger partial charge in [0.05, 0.1) is 18.7 Å². The minimum absolute atomic E-state index is 0.0164. The van der Waals surface area contributed by atoms with Gasteiger partial charge in [-0.05, 0) is 40.5 Å². The van der Waals surface area contributed by atoms with Gasteiger partial charge in [-0.3, -0.25) is 13.9 Å². The molecule has 10 heteroatoms. The summed E-state index contributed by atoms with van der Waals surface area (Å²) in [7, 11) is 0. The lowest BCUT2D eigenvalue weighted by Gasteiger charge is -2.20. The van der Waals surface area contributed by atoms with Gasteiger partial charge in [-0.25, -0.2) is 9.18 Å². The summed E-state index contributed by atoms with van der Waals surface area (Å²) < 4.78 is 56.2. The van der Waals surface area contributed by atoms with Crippen molar-refractivity contribution < 1.29 is 17.6 Å². The Kier molecular flexibility index (Phi) is 6.51. The van der Waals surface area contributed by atoms with E-state index < -0.39 is 47.0 Å². The molecule has 0 spiro atoms. The van der Waals surface area contributed by atoms with Crippen molar-refractivity contribution in [1.82, 2.24) is 9.13 Å². The average Bonchev–Trinajstić information content (AvgIpc) is 2.73. The van der Waals surface area contributed by atoms with Crippen LogP contribution in [0.4, 0.5) is 17.6 Å². The van der Waals surface area contributed by atoms with Gasteiger partial charge in [-0.2, -0.15) is 13.2 Å². The molecule has 5 nitrogen and oxygen atoms in total. The third-order valence-electron chi connectivity index (χ3n) is 4.96. The van der Waals surface area contributed by atoms with Crippen LogP contribution in [0.25, 0.3) is 0 Å². The van der Waals surface area contributed by atoms with Crippen LogP contribution in [0.5, 0.6) is 0 Å². The molecule has 164 valence electrons. The molecule has 1 aromatic heterocycles. The van der Waals surface area contributed by atoms with Gasteiger partial charge in [0.1, 0.15) is 10.3 Å². The molecular formula is C21H18BrF4N3O2. The van der Waals surface area contributed by atoms with Gasteiger partial charge < -0.3 is 5.73 Å². The normalized spacial score (nSPS) is 12.7. The van der Waals surface area contributed by atoms with E-state index in [0.717, 1.165) is 27.3 Å². The Hall–Kier alpha value is -2.72. The summed E-state index contributed by atoms with van der Waals surface area (Å²) in [4.78, 5) is 25.7. The average molecular weight is 500 g/mol. The highest BCUT2D eigenvalue weighted by Crippen LogP contribution is 2.33. The topological polar surface area (TPSA) is 70.0 Å². The zero-order valence-electron chi connectivity index (χ0n) is 16.3. The maximum absolute atomic E-state index is 14.3. The summed E-state index contributed by atoms with van der Waals surface area (Å²) in [5, 5.41) is 0. The predicted octanol–water partition coefficient (Wildman–Crippen LogP) is 3.99. The molecule has 3 aromatic rings. The molecule has 0 radical (unpaired) electrons. The Balaban J connectivity index is 2.12. The van der Waals surface area contributed by atoms with E-state index >= 15 is 0 Å². The lowest BCUT2D eigenvalue weighted by atomic mass is 10.1. The minimum atomic E-state index is -4.81. The van der Waals surface area contributed by atoms with Gasteiger partial charge in [0.25, 0.3) is 5.56 Å². The Morgan fingerprint density at radius 3 is 2.29 bits per heavy atom. The van der Waals surface area contributed by atoms with Crippen molar-refractivity contribution in [2.75, 3.05) is 0 Å². The van der Waals surface area contributed by atoms with Crippen LogP contribution < -0.4 is 17.0 Å². The van der Waals surface area contributed by atoms with Gasteiger partial charge in [0.2, 0.25) is 0 Å². The Bertz CT molecular complexity index is 1220. The molecule has 0 aliphatic rings. The molecule has 0 amide bonds. The summed E-state index contributed by atoms with van der Waals surface area (Å²) in [5.41, 5.74) is 3.45. The van der Waals surface area contributed by atoms with E-state index in [1.165, 1.54) is 6.92 Å². The van der Waals surface area contributed by atoms with E-state index in [1.807, 2.05) is 0 Å². The fraction of sp³-hybridized carbons (Fsp3) is 0.238. The first-order valence-electron chi connectivity index (χ1n) is 9.17. The number of rotatable bonds is 5. The standard InChI is InChI=1S/C21H18BrF4N3O2/c1-12-18(22)19(30)29(11-17(27)13-6-3-2-4-7-13)20(31)28(12)10-14-15(21(24,25)26)8-5-9-16(14)23/h2-9,17H,10-11,27H2,1H3. The highest BCUT2D eigenvalue weighted by molar-refractivity contribution is 9.10. The van der Waals surface area contributed by atoms with Gasteiger partial charge in [-0.15, -0.1) is 0 Å². The zero-order chi connectivity index (χ0) is 22.9. The van der Waals surface area contributed by atoms with Crippen molar-refractivity contribution in [2.24, 2.45) is 5.73 Å². The van der Waals surface area contributed by atoms with Gasteiger partial charge >= 0.3 is 11.9 Å². The number of nitrogens with zero attached hydrogens (tertiary/aromatic N) is 2. The van der Waals surface area contributed by atoms with Gasteiger partial charge in [0, 0.05) is 17.3 Å². The molecule has 1 atom stereocenters. The molecule has 1 heterocycles. The molecule has 0 aliphatic carbocycles. The lowest BCUT2D eigenvalue weighted by Crippen LogP contribution is -2.44. The first-order valence-corrected chi connectivity index (χ1v) is 9.96. The highest BCUT2D eigenvalue weighted by Gasteiger charge is 2.35. The molecule has 3 rings (SSSR count). The third kappa shape index (κ3) is 4.64. The Morgan fingerprint density at radius 2 is 1.68 bits per heavy atom. The first-order chi connectivity index (χ1) is 14.5. The summed E-state index contributed by atoms with van der Waals surface area (Å²) in [6.45, 7) is 0.484. The van der Waals surface area contributed by atoms with E-state index in [-0.39, 0.29) is 16.7 Å². The van der Waals surface area contributed by atoms with E-state index in [2.05, 4.69) is 15.9 Å². The largest absolute Gasteiger partial charge is 0.416 e. The number of hydrogen-bond donors (Lipinski definition) is 1. The van der Waals surface area contributed by atoms with Crippen molar-refractivity contribution in [1.29, 1.82) is 0 Å². The van der Waals surface area contributed by atoms with Crippen molar-refractivity contribution in [3.05, 3.63) is 102 Å². The summed E-state index contributed by atoms with van der Waals surface area (Å²) in [5.74, 6) is -1.10. The number of benzene rings is 2. The third-order valence-corrected chi connectivity index (χ3v) is 5.88. The first kappa shape index (κ1) is 23.0. The second kappa shape index (κ2) is 8.80. The Morgan fingerprint density at radius 1 is 1.03 bits per heavy atom. The number of halogens is 5. The minimum Gasteiger partial charge on any atom is -0.322 e. The monoisotopic (exact) mass is 499 g/mol. The van der Waals surface area contributed by atoms with Crippen LogP contribution in [0.3, 0.4) is 0 Å². The molecule has 0 saturated heterocycles. The van der Waals surface area contributed by atoms with Crippen molar-refractivity contribution in [2.45, 2.75) is 32.2 Å². The van der Waals surface area contributed by atoms with Crippen LogP contribution in [0.15, 0.2) is 62.6 Å². The Labute approximate surface area is 182 Å². The number of alkyl halides is 3. The second-order valence-corrected chi connectivity index (χ2v) is 7.76. The molecule has 0 fully saturated rings. The fourth-order valence-corrected chi connectivity index (χ4v) is 3.69. The molecular weight excluding hydrogens is 482 g/mol. The fourth-order valence-electron chi connectivity index (χ4n) is 3.26. The summed E-state index contributed by atoms with van der Waals surface area (Å²) >= 11 is 3.10. The van der Waals surface area contributed by atoms with Crippen molar-refractivity contribution in [3.63, 3.8) is 0 Å². The lowest BCUT2D eigenvalue weighted by molar-refractivity contribution is -0.138. The number of hydrogen-bond acceptors (Lipinski definition) is 3. The summed E-state index contributed by atoms with van der Waals surface area (Å²) in [6, 6.07) is 10.6. The molecule has 31 heavy (non-hydrogen) atoms. The molecule has 0 saturated carbocycles. The quantitative estimate of drug-likeness (QED) is 0.539. The van der Waals surface area contributed by atoms with E-state index in [1.54, 1.807) is 30.3 Å².